The zero-order valence-corrected chi connectivity index (χ0v) is 13.5. The molecule has 0 aromatic heterocycles. The third kappa shape index (κ3) is 3.34. The average molecular weight is 309 g/mol. The summed E-state index contributed by atoms with van der Waals surface area (Å²) < 4.78 is 21.3. The largest absolute Gasteiger partial charge is 0.497 e. The van der Waals surface area contributed by atoms with Gasteiger partial charge in [-0.15, -0.1) is 0 Å². The summed E-state index contributed by atoms with van der Waals surface area (Å²) in [6.07, 6.45) is 1.29. The van der Waals surface area contributed by atoms with Crippen molar-refractivity contribution in [3.8, 4) is 11.5 Å². The molecule has 0 unspecified atom stereocenters. The van der Waals surface area contributed by atoms with Gasteiger partial charge in [0.1, 0.15) is 11.5 Å². The third-order valence-electron chi connectivity index (χ3n) is 4.15. The molecule has 0 atom stereocenters. The van der Waals surface area contributed by atoms with Crippen molar-refractivity contribution in [3.63, 3.8) is 0 Å². The zero-order chi connectivity index (χ0) is 16.2. The summed E-state index contributed by atoms with van der Waals surface area (Å²) in [5.41, 5.74) is 0.554. The van der Waals surface area contributed by atoms with Crippen LogP contribution in [0.1, 0.15) is 23.2 Å². The molecule has 122 valence electrons. The zero-order valence-electron chi connectivity index (χ0n) is 13.5. The van der Waals surface area contributed by atoms with Gasteiger partial charge in [-0.25, -0.2) is 0 Å². The third-order valence-corrected chi connectivity index (χ3v) is 4.15. The maximum Gasteiger partial charge on any atom is 0.254 e. The fourth-order valence-electron chi connectivity index (χ4n) is 2.66. The second-order valence-electron chi connectivity index (χ2n) is 5.21. The molecule has 1 heterocycles. The van der Waals surface area contributed by atoms with Gasteiger partial charge in [0, 0.05) is 51.8 Å². The van der Waals surface area contributed by atoms with Crippen LogP contribution in [0, 0.1) is 0 Å². The van der Waals surface area contributed by atoms with Gasteiger partial charge in [0.25, 0.3) is 5.91 Å². The Bertz CT molecular complexity index is 495. The van der Waals surface area contributed by atoms with Gasteiger partial charge in [0.2, 0.25) is 0 Å². The lowest BCUT2D eigenvalue weighted by molar-refractivity contribution is -0.226. The minimum Gasteiger partial charge on any atom is -0.497 e. The first-order chi connectivity index (χ1) is 10.6. The lowest BCUT2D eigenvalue weighted by atomic mass is 10.0. The van der Waals surface area contributed by atoms with E-state index in [1.807, 2.05) is 0 Å². The molecule has 22 heavy (non-hydrogen) atoms. The van der Waals surface area contributed by atoms with Crippen molar-refractivity contribution in [2.45, 2.75) is 18.6 Å². The predicted molar refractivity (Wildman–Crippen MR) is 81.4 cm³/mol. The van der Waals surface area contributed by atoms with Gasteiger partial charge < -0.3 is 23.8 Å². The average Bonchev–Trinajstić information content (AvgIpc) is 2.60. The molecule has 0 N–H and O–H groups in total. The van der Waals surface area contributed by atoms with E-state index in [-0.39, 0.29) is 5.91 Å². The van der Waals surface area contributed by atoms with Gasteiger partial charge in [-0.2, -0.15) is 0 Å². The minimum atomic E-state index is -0.581. The monoisotopic (exact) mass is 309 g/mol. The SMILES string of the molecule is COc1cc(OC)cc(C(=O)N2CCC(OC)(OC)CC2)c1. The Labute approximate surface area is 130 Å². The number of rotatable bonds is 5. The molecule has 1 aromatic rings. The lowest BCUT2D eigenvalue weighted by Gasteiger charge is -2.39. The van der Waals surface area contributed by atoms with E-state index in [2.05, 4.69) is 0 Å². The molecule has 0 saturated carbocycles. The molecule has 6 heteroatoms. The molecule has 6 nitrogen and oxygen atoms in total. The van der Waals surface area contributed by atoms with Gasteiger partial charge in [0.05, 0.1) is 14.2 Å². The number of likely N-dealkylation sites (tertiary alicyclic amines) is 1. The second-order valence-corrected chi connectivity index (χ2v) is 5.21. The summed E-state index contributed by atoms with van der Waals surface area (Å²) in [7, 11) is 6.40. The number of hydrogen-bond donors (Lipinski definition) is 0. The molecule has 1 saturated heterocycles. The van der Waals surface area contributed by atoms with Crippen molar-refractivity contribution in [1.82, 2.24) is 4.90 Å². The van der Waals surface area contributed by atoms with Crippen LogP contribution < -0.4 is 9.47 Å². The number of amides is 1. The first-order valence-corrected chi connectivity index (χ1v) is 7.20. The van der Waals surface area contributed by atoms with Crippen LogP contribution >= 0.6 is 0 Å². The number of methoxy groups -OCH3 is 4. The van der Waals surface area contributed by atoms with E-state index in [0.717, 1.165) is 0 Å². The normalized spacial score (nSPS) is 17.2. The maximum absolute atomic E-state index is 12.7. The van der Waals surface area contributed by atoms with E-state index < -0.39 is 5.79 Å². The Balaban J connectivity index is 2.13. The minimum absolute atomic E-state index is 0.0435. The van der Waals surface area contributed by atoms with E-state index in [1.54, 1.807) is 51.5 Å². The molecular weight excluding hydrogens is 286 g/mol. The highest BCUT2D eigenvalue weighted by atomic mass is 16.7. The Morgan fingerprint density at radius 3 is 1.86 bits per heavy atom. The van der Waals surface area contributed by atoms with Crippen molar-refractivity contribution in [2.24, 2.45) is 0 Å². The molecule has 1 amide bonds. The highest BCUT2D eigenvalue weighted by molar-refractivity contribution is 5.95. The smallest absolute Gasteiger partial charge is 0.254 e. The topological polar surface area (TPSA) is 57.2 Å². The number of hydrogen-bond acceptors (Lipinski definition) is 5. The quantitative estimate of drug-likeness (QED) is 0.778. The Morgan fingerprint density at radius 1 is 0.955 bits per heavy atom. The molecule has 1 aliphatic heterocycles. The van der Waals surface area contributed by atoms with Crippen LogP contribution in [0.15, 0.2) is 18.2 Å². The van der Waals surface area contributed by atoms with Crippen LogP contribution in [0.4, 0.5) is 0 Å². The highest BCUT2D eigenvalue weighted by Crippen LogP contribution is 2.29. The predicted octanol–water partition coefficient (Wildman–Crippen LogP) is 1.93. The number of benzene rings is 1. The molecule has 0 aliphatic carbocycles. The van der Waals surface area contributed by atoms with Crippen LogP contribution in [-0.2, 0) is 9.47 Å². The number of piperidine rings is 1. The molecule has 2 rings (SSSR count). The maximum atomic E-state index is 12.7. The number of carbonyl (C=O) groups excluding carboxylic acids is 1. The van der Waals surface area contributed by atoms with Crippen molar-refractivity contribution >= 4 is 5.91 Å². The van der Waals surface area contributed by atoms with E-state index in [9.17, 15) is 4.79 Å². The van der Waals surface area contributed by atoms with E-state index in [4.69, 9.17) is 18.9 Å². The highest BCUT2D eigenvalue weighted by Gasteiger charge is 2.36. The van der Waals surface area contributed by atoms with E-state index in [1.165, 1.54) is 0 Å². The summed E-state index contributed by atoms with van der Waals surface area (Å²) in [5, 5.41) is 0. The van der Waals surface area contributed by atoms with E-state index >= 15 is 0 Å². The van der Waals surface area contributed by atoms with Gasteiger partial charge >= 0.3 is 0 Å². The second kappa shape index (κ2) is 6.98. The number of ether oxygens (including phenoxy) is 4. The van der Waals surface area contributed by atoms with Crippen LogP contribution in [0.2, 0.25) is 0 Å². The van der Waals surface area contributed by atoms with Gasteiger partial charge in [0.15, 0.2) is 5.79 Å². The summed E-state index contributed by atoms with van der Waals surface area (Å²) in [5.74, 6) is 0.576. The number of carbonyl (C=O) groups is 1. The van der Waals surface area contributed by atoms with Crippen molar-refractivity contribution in [1.29, 1.82) is 0 Å². The van der Waals surface area contributed by atoms with E-state index in [0.29, 0.717) is 43.0 Å². The van der Waals surface area contributed by atoms with Crippen molar-refractivity contribution in [2.75, 3.05) is 41.5 Å². The van der Waals surface area contributed by atoms with Gasteiger partial charge in [-0.05, 0) is 12.1 Å². The molecule has 0 spiro atoms. The summed E-state index contributed by atoms with van der Waals surface area (Å²) in [4.78, 5) is 14.5. The van der Waals surface area contributed by atoms with Crippen LogP contribution in [0.5, 0.6) is 11.5 Å². The molecule has 0 radical (unpaired) electrons. The molecule has 0 bridgehead atoms. The molecule has 1 aliphatic rings. The van der Waals surface area contributed by atoms with Crippen molar-refractivity contribution < 1.29 is 23.7 Å². The molecule has 1 aromatic carbocycles. The standard InChI is InChI=1S/C16H23NO5/c1-19-13-9-12(10-14(11-13)20-2)15(18)17-7-5-16(21-3,22-4)6-8-17/h9-11H,5-8H2,1-4H3. The van der Waals surface area contributed by atoms with Gasteiger partial charge in [-0.1, -0.05) is 0 Å². The Morgan fingerprint density at radius 2 is 1.45 bits per heavy atom. The first-order valence-electron chi connectivity index (χ1n) is 7.20. The molecular formula is C16H23NO5. The fourth-order valence-corrected chi connectivity index (χ4v) is 2.66. The Hall–Kier alpha value is -1.79. The first kappa shape index (κ1) is 16.6. The number of nitrogens with zero attached hydrogens (tertiary/aromatic N) is 1. The Kier molecular flexibility index (Phi) is 5.26. The lowest BCUT2D eigenvalue weighted by Crippen LogP contribution is -2.48. The van der Waals surface area contributed by atoms with Gasteiger partial charge in [-0.3, -0.25) is 4.79 Å². The van der Waals surface area contributed by atoms with Crippen LogP contribution in [0.3, 0.4) is 0 Å². The summed E-state index contributed by atoms with van der Waals surface area (Å²) in [6, 6.07) is 5.19. The summed E-state index contributed by atoms with van der Waals surface area (Å²) in [6.45, 7) is 1.17. The van der Waals surface area contributed by atoms with Crippen molar-refractivity contribution in [3.05, 3.63) is 23.8 Å². The van der Waals surface area contributed by atoms with Crippen LogP contribution in [0.25, 0.3) is 0 Å². The fraction of sp³-hybridized carbons (Fsp3) is 0.562. The van der Waals surface area contributed by atoms with Crippen LogP contribution in [-0.4, -0.2) is 58.1 Å². The summed E-state index contributed by atoms with van der Waals surface area (Å²) >= 11 is 0. The molecule has 1 fully saturated rings.